The van der Waals surface area contributed by atoms with Crippen molar-refractivity contribution in [3.05, 3.63) is 17.4 Å². The molecule has 0 bridgehead atoms. The van der Waals surface area contributed by atoms with Crippen molar-refractivity contribution in [2.75, 3.05) is 11.6 Å². The lowest BCUT2D eigenvalue weighted by molar-refractivity contribution is -0.146. The molecule has 0 aliphatic carbocycles. The highest BCUT2D eigenvalue weighted by atomic mass is 35.5. The van der Waals surface area contributed by atoms with E-state index in [0.717, 1.165) is 11.8 Å². The summed E-state index contributed by atoms with van der Waals surface area (Å²) in [4.78, 5) is 0. The average Bonchev–Trinajstić information content (AvgIpc) is 2.42. The van der Waals surface area contributed by atoms with Crippen LogP contribution < -0.4 is 5.84 Å². The van der Waals surface area contributed by atoms with Crippen molar-refractivity contribution in [3.8, 4) is 0 Å². The molecule has 0 spiro atoms. The van der Waals surface area contributed by atoms with E-state index in [-0.39, 0.29) is 15.9 Å². The van der Waals surface area contributed by atoms with Crippen LogP contribution in [-0.2, 0) is 6.18 Å². The number of rotatable bonds is 3. The number of thioether (sulfide) groups is 1. The molecule has 1 rings (SSSR count). The molecular formula is C6H6ClF3N4S. The number of nitrogen functional groups attached to an aromatic ring is 1. The Morgan fingerprint density at radius 1 is 1.53 bits per heavy atom. The second-order valence-electron chi connectivity index (χ2n) is 2.48. The Kier molecular flexibility index (Phi) is 3.50. The highest BCUT2D eigenvalue weighted by molar-refractivity contribution is 7.99. The predicted molar refractivity (Wildman–Crippen MR) is 50.9 cm³/mol. The summed E-state index contributed by atoms with van der Waals surface area (Å²) in [5.41, 5.74) is 0. The molecule has 0 radical (unpaired) electrons. The summed E-state index contributed by atoms with van der Waals surface area (Å²) in [7, 11) is 0. The maximum Gasteiger partial charge on any atom is 0.453 e. The Balaban J connectivity index is 2.85. The first kappa shape index (κ1) is 12.2. The van der Waals surface area contributed by atoms with Crippen molar-refractivity contribution in [3.63, 3.8) is 0 Å². The van der Waals surface area contributed by atoms with Gasteiger partial charge in [0.15, 0.2) is 0 Å². The van der Waals surface area contributed by atoms with Crippen LogP contribution in [-0.4, -0.2) is 20.6 Å². The molecule has 84 valence electrons. The normalized spacial score (nSPS) is 11.7. The number of nitrogens with zero attached hydrogens (tertiary/aromatic N) is 3. The van der Waals surface area contributed by atoms with Gasteiger partial charge in [-0.1, -0.05) is 29.9 Å². The van der Waals surface area contributed by atoms with Gasteiger partial charge in [-0.15, -0.1) is 10.2 Å². The molecule has 15 heavy (non-hydrogen) atoms. The topological polar surface area (TPSA) is 56.7 Å². The third-order valence-electron chi connectivity index (χ3n) is 1.28. The largest absolute Gasteiger partial charge is 0.453 e. The van der Waals surface area contributed by atoms with Crippen LogP contribution in [0.2, 0.25) is 0 Å². The van der Waals surface area contributed by atoms with Crippen molar-refractivity contribution in [2.24, 2.45) is 0 Å². The van der Waals surface area contributed by atoms with Gasteiger partial charge in [0.05, 0.1) is 0 Å². The van der Waals surface area contributed by atoms with Gasteiger partial charge in [0.25, 0.3) is 5.82 Å². The third-order valence-corrected chi connectivity index (χ3v) is 2.60. The van der Waals surface area contributed by atoms with Gasteiger partial charge in [-0.3, -0.25) is 0 Å². The number of alkyl halides is 3. The molecule has 0 saturated carbocycles. The van der Waals surface area contributed by atoms with Gasteiger partial charge in [0, 0.05) is 10.8 Å². The number of hydrogen-bond donors (Lipinski definition) is 1. The zero-order chi connectivity index (χ0) is 11.6. The monoisotopic (exact) mass is 258 g/mol. The summed E-state index contributed by atoms with van der Waals surface area (Å²) in [6.07, 6.45) is -4.61. The molecule has 0 aliphatic heterocycles. The molecular weight excluding hydrogens is 253 g/mol. The quantitative estimate of drug-likeness (QED) is 0.664. The number of nitrogens with two attached hydrogens (primary N) is 1. The second-order valence-corrected chi connectivity index (χ2v) is 3.96. The van der Waals surface area contributed by atoms with Crippen LogP contribution in [0.25, 0.3) is 0 Å². The van der Waals surface area contributed by atoms with Gasteiger partial charge >= 0.3 is 6.18 Å². The molecule has 0 amide bonds. The van der Waals surface area contributed by atoms with Crippen LogP contribution in [0.1, 0.15) is 5.82 Å². The van der Waals surface area contributed by atoms with E-state index >= 15 is 0 Å². The maximum absolute atomic E-state index is 12.2. The van der Waals surface area contributed by atoms with Crippen LogP contribution >= 0.6 is 23.4 Å². The zero-order valence-corrected chi connectivity index (χ0v) is 8.83. The Hall–Kier alpha value is -0.890. The first-order valence-corrected chi connectivity index (χ1v) is 4.92. The first-order valence-electron chi connectivity index (χ1n) is 3.56. The highest BCUT2D eigenvalue weighted by Crippen LogP contribution is 2.29. The fourth-order valence-corrected chi connectivity index (χ4v) is 1.49. The Labute approximate surface area is 92.3 Å². The Bertz CT molecular complexity index is 375. The fraction of sp³-hybridized carbons (Fsp3) is 0.333. The van der Waals surface area contributed by atoms with E-state index in [4.69, 9.17) is 17.4 Å². The van der Waals surface area contributed by atoms with Crippen LogP contribution in [0.4, 0.5) is 13.2 Å². The van der Waals surface area contributed by atoms with E-state index < -0.39 is 12.0 Å². The average molecular weight is 259 g/mol. The number of halogens is 4. The summed E-state index contributed by atoms with van der Waals surface area (Å²) >= 11 is 6.37. The number of aromatic nitrogens is 3. The lowest BCUT2D eigenvalue weighted by atomic mass is 10.6. The molecule has 1 aromatic rings. The predicted octanol–water partition coefficient (Wildman–Crippen LogP) is 1.86. The van der Waals surface area contributed by atoms with Crippen molar-refractivity contribution in [1.29, 1.82) is 0 Å². The minimum atomic E-state index is -4.61. The van der Waals surface area contributed by atoms with Crippen molar-refractivity contribution >= 4 is 23.4 Å². The highest BCUT2D eigenvalue weighted by Gasteiger charge is 2.38. The minimum Gasteiger partial charge on any atom is -0.335 e. The molecule has 1 heterocycles. The van der Waals surface area contributed by atoms with Gasteiger partial charge in [-0.05, 0) is 0 Å². The molecule has 4 nitrogen and oxygen atoms in total. The molecule has 1 aromatic heterocycles. The second kappa shape index (κ2) is 4.31. The third kappa shape index (κ3) is 3.03. The lowest BCUT2D eigenvalue weighted by Gasteiger charge is -2.05. The molecule has 9 heteroatoms. The molecule has 0 aromatic carbocycles. The van der Waals surface area contributed by atoms with E-state index in [9.17, 15) is 13.2 Å². The smallest absolute Gasteiger partial charge is 0.335 e. The summed E-state index contributed by atoms with van der Waals surface area (Å²) in [6.45, 7) is 3.38. The Morgan fingerprint density at radius 2 is 2.13 bits per heavy atom. The lowest BCUT2D eigenvalue weighted by Crippen LogP contribution is -2.21. The summed E-state index contributed by atoms with van der Waals surface area (Å²) < 4.78 is 37.0. The number of hydrogen-bond acceptors (Lipinski definition) is 4. The summed E-state index contributed by atoms with van der Waals surface area (Å²) in [5, 5.41) is 6.44. The van der Waals surface area contributed by atoms with Gasteiger partial charge < -0.3 is 5.84 Å². The SMILES string of the molecule is C=C(Cl)CSc1nnc(C(F)(F)F)n1N. The van der Waals surface area contributed by atoms with E-state index in [2.05, 4.69) is 16.8 Å². The van der Waals surface area contributed by atoms with E-state index in [1.165, 1.54) is 0 Å². The maximum atomic E-state index is 12.2. The van der Waals surface area contributed by atoms with Crippen LogP contribution in [0, 0.1) is 0 Å². The first-order chi connectivity index (χ1) is 6.82. The standard InChI is InChI=1S/C6H6ClF3N4S/c1-3(7)2-15-5-13-12-4(14(5)11)6(8,9)10/h1-2,11H2. The van der Waals surface area contributed by atoms with Crippen molar-refractivity contribution in [1.82, 2.24) is 14.9 Å². The molecule has 0 unspecified atom stereocenters. The van der Waals surface area contributed by atoms with E-state index in [1.807, 2.05) is 0 Å². The van der Waals surface area contributed by atoms with Gasteiger partial charge in [0.1, 0.15) is 0 Å². The molecule has 0 aliphatic rings. The van der Waals surface area contributed by atoms with Gasteiger partial charge in [0.2, 0.25) is 5.16 Å². The van der Waals surface area contributed by atoms with Gasteiger partial charge in [-0.25, -0.2) is 4.68 Å². The van der Waals surface area contributed by atoms with E-state index in [1.54, 1.807) is 0 Å². The molecule has 0 saturated heterocycles. The van der Waals surface area contributed by atoms with Gasteiger partial charge in [-0.2, -0.15) is 13.2 Å². The fourth-order valence-electron chi connectivity index (χ4n) is 0.712. The summed E-state index contributed by atoms with van der Waals surface area (Å²) in [6, 6.07) is 0. The summed E-state index contributed by atoms with van der Waals surface area (Å²) in [5.74, 6) is 4.13. The molecule has 2 N–H and O–H groups in total. The molecule has 0 fully saturated rings. The van der Waals surface area contributed by atoms with Crippen LogP contribution in [0.5, 0.6) is 0 Å². The van der Waals surface area contributed by atoms with Crippen molar-refractivity contribution in [2.45, 2.75) is 11.3 Å². The Morgan fingerprint density at radius 3 is 2.53 bits per heavy atom. The van der Waals surface area contributed by atoms with Crippen LogP contribution in [0.15, 0.2) is 16.8 Å². The zero-order valence-electron chi connectivity index (χ0n) is 7.25. The molecule has 0 atom stereocenters. The van der Waals surface area contributed by atoms with E-state index in [0.29, 0.717) is 4.68 Å². The van der Waals surface area contributed by atoms with Crippen molar-refractivity contribution < 1.29 is 13.2 Å². The minimum absolute atomic E-state index is 0.0656. The van der Waals surface area contributed by atoms with Crippen LogP contribution in [0.3, 0.4) is 0 Å².